The first-order valence-electron chi connectivity index (χ1n) is 9.76. The summed E-state index contributed by atoms with van der Waals surface area (Å²) in [5, 5.41) is 29.7. The molecule has 0 aromatic rings. The van der Waals surface area contributed by atoms with Crippen LogP contribution in [0.4, 0.5) is 0 Å². The number of carbonyl (C=O) groups excluding carboxylic acids is 4. The Kier molecular flexibility index (Phi) is 13.5. The molecule has 0 heterocycles. The van der Waals surface area contributed by atoms with Gasteiger partial charge in [-0.3, -0.25) is 14.4 Å². The van der Waals surface area contributed by atoms with E-state index in [4.69, 9.17) is 5.11 Å². The van der Waals surface area contributed by atoms with Crippen LogP contribution in [0.3, 0.4) is 0 Å². The van der Waals surface area contributed by atoms with Gasteiger partial charge in [-0.25, -0.2) is 4.79 Å². The third-order valence-corrected chi connectivity index (χ3v) is 3.73. The molecule has 0 aliphatic heterocycles. The van der Waals surface area contributed by atoms with Gasteiger partial charge in [0.05, 0.1) is 6.61 Å². The fraction of sp³-hybridized carbons (Fsp3) is 0.632. The molecule has 30 heavy (non-hydrogen) atoms. The van der Waals surface area contributed by atoms with Crippen molar-refractivity contribution in [2.75, 3.05) is 13.2 Å². The van der Waals surface area contributed by atoms with E-state index in [9.17, 15) is 24.3 Å². The van der Waals surface area contributed by atoms with E-state index < -0.39 is 35.7 Å². The fourth-order valence-electron chi connectivity index (χ4n) is 2.43. The Bertz CT molecular complexity index is 633. The van der Waals surface area contributed by atoms with Crippen molar-refractivity contribution in [2.24, 2.45) is 11.8 Å². The van der Waals surface area contributed by atoms with Crippen LogP contribution in [-0.2, 0) is 19.2 Å². The zero-order valence-corrected chi connectivity index (χ0v) is 17.9. The second kappa shape index (κ2) is 15.0. The molecule has 11 nitrogen and oxygen atoms in total. The number of carbonyl (C=O) groups is 4. The minimum atomic E-state index is -0.938. The Hall–Kier alpha value is -2.95. The van der Waals surface area contributed by atoms with Gasteiger partial charge in [-0.1, -0.05) is 27.7 Å². The Morgan fingerprint density at radius 1 is 1.07 bits per heavy atom. The molecule has 0 saturated carbocycles. The topological polar surface area (TPSA) is 174 Å². The summed E-state index contributed by atoms with van der Waals surface area (Å²) in [7, 11) is 0. The molecule has 0 aromatic heterocycles. The Morgan fingerprint density at radius 3 is 2.20 bits per heavy atom. The smallest absolute Gasteiger partial charge is 0.407 e. The van der Waals surface area contributed by atoms with Crippen molar-refractivity contribution >= 4 is 30.3 Å². The largest absolute Gasteiger partial charge is 0.859 e. The highest BCUT2D eigenvalue weighted by atomic mass is 16.3. The lowest BCUT2D eigenvalue weighted by Crippen LogP contribution is -2.80. The number of nitrogens with one attached hydrogen (secondary N) is 5. The predicted octanol–water partition coefficient (Wildman–Crippen LogP) is -3.79. The molecule has 0 unspecified atom stereocenters. The van der Waals surface area contributed by atoms with Crippen molar-refractivity contribution in [3.05, 3.63) is 12.1 Å². The van der Waals surface area contributed by atoms with Crippen LogP contribution in [0, 0.1) is 11.8 Å². The number of hydrogen-bond donors (Lipinski definition) is 6. The molecular weight excluding hydrogens is 394 g/mol. The molecule has 11 heteroatoms. The van der Waals surface area contributed by atoms with Crippen molar-refractivity contribution in [3.8, 4) is 0 Å². The second-order valence-electron chi connectivity index (χ2n) is 7.48. The van der Waals surface area contributed by atoms with Gasteiger partial charge in [-0.2, -0.15) is 4.99 Å². The molecule has 0 bridgehead atoms. The summed E-state index contributed by atoms with van der Waals surface area (Å²) in [4.78, 5) is 49.6. The van der Waals surface area contributed by atoms with Crippen molar-refractivity contribution < 1.29 is 34.4 Å². The van der Waals surface area contributed by atoms with E-state index in [0.717, 1.165) is 12.4 Å². The van der Waals surface area contributed by atoms with Crippen LogP contribution in [0.25, 0.3) is 0 Å². The molecule has 4 amide bonds. The Balaban J connectivity index is 5.00. The third-order valence-electron chi connectivity index (χ3n) is 3.73. The predicted molar refractivity (Wildman–Crippen MR) is 107 cm³/mol. The number of aliphatic hydroxyl groups excluding tert-OH is 1. The van der Waals surface area contributed by atoms with Gasteiger partial charge in [0.2, 0.25) is 18.5 Å². The van der Waals surface area contributed by atoms with Gasteiger partial charge in [-0.05, 0) is 30.6 Å². The number of amides is 4. The fourth-order valence-corrected chi connectivity index (χ4v) is 2.43. The lowest BCUT2D eigenvalue weighted by molar-refractivity contribution is -0.375. The van der Waals surface area contributed by atoms with Gasteiger partial charge >= 0.3 is 11.8 Å². The minimum absolute atomic E-state index is 0.0444. The number of hydrogen-bond acceptors (Lipinski definition) is 7. The maximum Gasteiger partial charge on any atom is 0.407 e. The van der Waals surface area contributed by atoms with E-state index in [1.165, 1.54) is 0 Å². The third kappa shape index (κ3) is 12.5. The van der Waals surface area contributed by atoms with E-state index in [0.29, 0.717) is 19.3 Å². The van der Waals surface area contributed by atoms with Crippen molar-refractivity contribution in [3.63, 3.8) is 0 Å². The highest BCUT2D eigenvalue weighted by Gasteiger charge is 2.25. The molecule has 0 saturated heterocycles. The van der Waals surface area contributed by atoms with Crippen LogP contribution in [0.2, 0.25) is 0 Å². The molecule has 0 fully saturated rings. The van der Waals surface area contributed by atoms with Crippen molar-refractivity contribution in [1.82, 2.24) is 21.3 Å². The highest BCUT2D eigenvalue weighted by Crippen LogP contribution is 2.05. The zero-order chi connectivity index (χ0) is 23.1. The molecule has 0 spiro atoms. The summed E-state index contributed by atoms with van der Waals surface area (Å²) in [6.45, 7) is 7.30. The summed E-state index contributed by atoms with van der Waals surface area (Å²) < 4.78 is 0. The summed E-state index contributed by atoms with van der Waals surface area (Å²) in [6, 6.07) is -1.72. The minimum Gasteiger partial charge on any atom is -0.859 e. The van der Waals surface area contributed by atoms with E-state index in [1.54, 1.807) is 0 Å². The van der Waals surface area contributed by atoms with Gasteiger partial charge in [0.25, 0.3) is 0 Å². The molecule has 170 valence electrons. The van der Waals surface area contributed by atoms with Gasteiger partial charge in [-0.15, -0.1) is 0 Å². The Labute approximate surface area is 176 Å². The average molecular weight is 428 g/mol. The molecule has 0 radical (unpaired) electrons. The van der Waals surface area contributed by atoms with Crippen LogP contribution in [0.1, 0.15) is 40.5 Å². The van der Waals surface area contributed by atoms with Crippen LogP contribution in [0.5, 0.6) is 0 Å². The van der Waals surface area contributed by atoms with Crippen LogP contribution < -0.4 is 31.4 Å². The van der Waals surface area contributed by atoms with Crippen molar-refractivity contribution in [2.45, 2.75) is 52.6 Å². The molecule has 2 atom stereocenters. The van der Waals surface area contributed by atoms with E-state index in [-0.39, 0.29) is 25.0 Å². The molecular formula is C19H33N5O6. The average Bonchev–Trinajstić information content (AvgIpc) is 2.67. The Morgan fingerprint density at radius 2 is 1.67 bits per heavy atom. The number of aliphatic hydroxyl groups is 1. The molecule has 0 rings (SSSR count). The molecule has 0 aliphatic carbocycles. The number of rotatable bonds is 14. The first-order chi connectivity index (χ1) is 14.1. The summed E-state index contributed by atoms with van der Waals surface area (Å²) in [5.74, 6) is -2.24. The van der Waals surface area contributed by atoms with Crippen LogP contribution >= 0.6 is 0 Å². The van der Waals surface area contributed by atoms with E-state index in [1.807, 2.05) is 27.7 Å². The van der Waals surface area contributed by atoms with Crippen molar-refractivity contribution in [1.29, 1.82) is 0 Å². The summed E-state index contributed by atoms with van der Waals surface area (Å²) >= 11 is 0. The maximum atomic E-state index is 12.3. The first kappa shape index (κ1) is 27.0. The molecule has 6 N–H and O–H groups in total. The normalized spacial score (nSPS) is 13.8. The lowest BCUT2D eigenvalue weighted by Gasteiger charge is -2.19. The molecule has 0 aliphatic rings. The first-order valence-corrected chi connectivity index (χ1v) is 9.76. The van der Waals surface area contributed by atoms with E-state index >= 15 is 0 Å². The van der Waals surface area contributed by atoms with Gasteiger partial charge in [0, 0.05) is 12.7 Å². The SMILES string of the molecule is CC(C)C[C@@H](NC(=O)C=[NH+]C(=O)[C@@H](CC(C)C)NC=O)C(=O)NC=C([O-])NCCO. The van der Waals surface area contributed by atoms with Crippen LogP contribution in [-0.4, -0.2) is 60.7 Å². The standard InChI is InChI=1S/C19H33N5O6/c1-12(2)7-14(23-11-26)18(29)22-10-17(28)24-15(8-13(3)4)19(30)21-9-16(27)20-5-6-25/h9-15,20,25,27H,5-8H2,1-4H3,(H,21,30)(H,23,26)(H,24,28)/t14-,15-/m1/s1. The second-order valence-corrected chi connectivity index (χ2v) is 7.48. The highest BCUT2D eigenvalue weighted by molar-refractivity contribution is 6.25. The monoisotopic (exact) mass is 427 g/mol. The zero-order valence-electron chi connectivity index (χ0n) is 17.9. The van der Waals surface area contributed by atoms with Gasteiger partial charge < -0.3 is 31.5 Å². The van der Waals surface area contributed by atoms with E-state index in [2.05, 4.69) is 26.3 Å². The summed E-state index contributed by atoms with van der Waals surface area (Å²) in [5.41, 5.74) is 0. The lowest BCUT2D eigenvalue weighted by atomic mass is 10.0. The maximum absolute atomic E-state index is 12.3. The van der Waals surface area contributed by atoms with Crippen LogP contribution in [0.15, 0.2) is 12.1 Å². The van der Waals surface area contributed by atoms with Gasteiger partial charge in [0.15, 0.2) is 6.04 Å². The quantitative estimate of drug-likeness (QED) is 0.0937. The molecule has 0 aromatic carbocycles. The summed E-state index contributed by atoms with van der Waals surface area (Å²) in [6.07, 6.45) is 2.91. The van der Waals surface area contributed by atoms with Gasteiger partial charge in [0.1, 0.15) is 6.04 Å².